The summed E-state index contributed by atoms with van der Waals surface area (Å²) in [5.41, 5.74) is 0.507. The van der Waals surface area contributed by atoms with E-state index in [9.17, 15) is 70.2 Å². The largest absolute Gasteiger partial charge is 0.477 e. The molecular formula is C29H42N2O18. The molecule has 20 nitrogen and oxygen atoms in total. The highest BCUT2D eigenvalue weighted by molar-refractivity contribution is 5.80. The summed E-state index contributed by atoms with van der Waals surface area (Å²) < 4.78 is 21.8. The van der Waals surface area contributed by atoms with Crippen LogP contribution < -0.4 is 10.6 Å². The highest BCUT2D eigenvalue weighted by Crippen LogP contribution is 2.36. The number of carboxylic acid groups (broad SMARTS) is 2. The van der Waals surface area contributed by atoms with Crippen LogP contribution in [0.1, 0.15) is 25.3 Å². The minimum absolute atomic E-state index is 0.340. The monoisotopic (exact) mass is 706 g/mol. The predicted molar refractivity (Wildman–Crippen MR) is 157 cm³/mol. The Bertz CT molecular complexity index is 1290. The van der Waals surface area contributed by atoms with E-state index >= 15 is 0 Å². The molecule has 3 rings (SSSR count). The Kier molecular flexibility index (Phi) is 13.9. The minimum Gasteiger partial charge on any atom is -0.477 e. The fraction of sp³-hybridized carbons (Fsp3) is 0.655. The zero-order valence-electron chi connectivity index (χ0n) is 26.1. The van der Waals surface area contributed by atoms with Crippen molar-refractivity contribution < 1.29 is 89.2 Å². The van der Waals surface area contributed by atoms with Crippen molar-refractivity contribution in [3.8, 4) is 0 Å². The summed E-state index contributed by atoms with van der Waals surface area (Å²) in [6, 6.07) is 4.98. The zero-order chi connectivity index (χ0) is 36.7. The van der Waals surface area contributed by atoms with Gasteiger partial charge in [-0.3, -0.25) is 9.59 Å². The molecule has 0 aliphatic carbocycles. The summed E-state index contributed by atoms with van der Waals surface area (Å²) in [6.07, 6.45) is -17.4. The van der Waals surface area contributed by atoms with Gasteiger partial charge >= 0.3 is 11.9 Å². The second-order valence-corrected chi connectivity index (χ2v) is 11.7. The summed E-state index contributed by atoms with van der Waals surface area (Å²) >= 11 is 0. The lowest BCUT2D eigenvalue weighted by atomic mass is 9.88. The van der Waals surface area contributed by atoms with Gasteiger partial charge in [-0.25, -0.2) is 9.59 Å². The van der Waals surface area contributed by atoms with Gasteiger partial charge in [0.05, 0.1) is 44.1 Å². The number of benzene rings is 1. The Balaban J connectivity index is 1.84. The smallest absolute Gasteiger partial charge is 0.364 e. The third kappa shape index (κ3) is 9.45. The van der Waals surface area contributed by atoms with E-state index in [2.05, 4.69) is 10.6 Å². The lowest BCUT2D eigenvalue weighted by Gasteiger charge is -2.47. The van der Waals surface area contributed by atoms with Crippen LogP contribution in [0, 0.1) is 0 Å². The van der Waals surface area contributed by atoms with Crippen LogP contribution in [0.25, 0.3) is 0 Å². The molecule has 2 aliphatic rings. The first kappa shape index (κ1) is 40.1. The van der Waals surface area contributed by atoms with E-state index in [1.54, 1.807) is 30.3 Å². The molecule has 0 spiro atoms. The van der Waals surface area contributed by atoms with E-state index < -0.39 is 129 Å². The third-order valence-electron chi connectivity index (χ3n) is 8.08. The van der Waals surface area contributed by atoms with Gasteiger partial charge in [0.15, 0.2) is 0 Å². The number of carbonyl (C=O) groups is 4. The van der Waals surface area contributed by atoms with E-state index in [0.717, 1.165) is 6.92 Å². The van der Waals surface area contributed by atoms with Crippen LogP contribution in [0.5, 0.6) is 0 Å². The number of ether oxygens (including phenoxy) is 4. The molecule has 2 heterocycles. The van der Waals surface area contributed by atoms with Gasteiger partial charge in [-0.1, -0.05) is 30.3 Å². The van der Waals surface area contributed by atoms with Crippen molar-refractivity contribution in [2.75, 3.05) is 19.8 Å². The molecule has 2 fully saturated rings. The van der Waals surface area contributed by atoms with Crippen LogP contribution in [0.2, 0.25) is 0 Å². The number of hydrogen-bond acceptors (Lipinski definition) is 16. The molecular weight excluding hydrogens is 664 g/mol. The summed E-state index contributed by atoms with van der Waals surface area (Å²) in [7, 11) is 0. The molecule has 2 amide bonds. The fourth-order valence-corrected chi connectivity index (χ4v) is 5.50. The minimum atomic E-state index is -2.90. The first-order valence-electron chi connectivity index (χ1n) is 15.0. The van der Waals surface area contributed by atoms with Crippen molar-refractivity contribution in [2.45, 2.75) is 98.9 Å². The van der Waals surface area contributed by atoms with Gasteiger partial charge in [0.2, 0.25) is 11.8 Å². The molecule has 0 unspecified atom stereocenters. The highest BCUT2D eigenvalue weighted by Gasteiger charge is 2.58. The second kappa shape index (κ2) is 17.0. The van der Waals surface area contributed by atoms with Crippen molar-refractivity contribution >= 4 is 23.8 Å². The van der Waals surface area contributed by atoms with Crippen molar-refractivity contribution in [3.05, 3.63) is 35.9 Å². The molecule has 12 N–H and O–H groups in total. The number of rotatable bonds is 16. The topological polar surface area (TPSA) is 332 Å². The van der Waals surface area contributed by atoms with E-state index in [1.165, 1.54) is 0 Å². The van der Waals surface area contributed by atoms with E-state index in [4.69, 9.17) is 18.9 Å². The Labute approximate surface area is 278 Å². The normalized spacial score (nSPS) is 32.7. The SMILES string of the molecule is CC(=O)N[C@H]1[C@H]([C@@H](O)[C@H](O)CO)O[C@@](OCC(=O)N[C@H]2[C@H]([C@@H](O)[C@H](O)CO)O[C@@](OCc3ccccc3)(C(=O)O)C[C@@H]2O)(C(=O)O)C[C@@H]1O. The fourth-order valence-electron chi connectivity index (χ4n) is 5.50. The van der Waals surface area contributed by atoms with E-state index in [0.29, 0.717) is 5.56 Å². The number of nitrogens with one attached hydrogen (secondary N) is 2. The maximum absolute atomic E-state index is 13.1. The number of aliphatic hydroxyl groups is 8. The van der Waals surface area contributed by atoms with Gasteiger partial charge in [0, 0.05) is 19.8 Å². The first-order valence-corrected chi connectivity index (χ1v) is 15.0. The van der Waals surface area contributed by atoms with Crippen LogP contribution in [0.4, 0.5) is 0 Å². The summed E-state index contributed by atoms with van der Waals surface area (Å²) in [6.45, 7) is -2.60. The predicted octanol–water partition coefficient (Wildman–Crippen LogP) is -5.50. The molecule has 2 saturated heterocycles. The van der Waals surface area contributed by atoms with Crippen LogP contribution in [-0.4, -0.2) is 167 Å². The number of aliphatic carboxylic acids is 2. The quantitative estimate of drug-likeness (QED) is 0.0762. The highest BCUT2D eigenvalue weighted by atomic mass is 16.7. The van der Waals surface area contributed by atoms with E-state index in [-0.39, 0.29) is 6.61 Å². The van der Waals surface area contributed by atoms with Gasteiger partial charge in [-0.05, 0) is 5.56 Å². The maximum atomic E-state index is 13.1. The molecule has 12 atom stereocenters. The molecule has 0 aromatic heterocycles. The molecule has 1 aromatic rings. The van der Waals surface area contributed by atoms with Gasteiger partial charge < -0.3 is 80.6 Å². The van der Waals surface area contributed by atoms with Crippen molar-refractivity contribution in [3.63, 3.8) is 0 Å². The molecule has 0 radical (unpaired) electrons. The number of carbonyl (C=O) groups excluding carboxylic acids is 2. The molecule has 0 bridgehead atoms. The van der Waals surface area contributed by atoms with Crippen LogP contribution in [0.3, 0.4) is 0 Å². The Morgan fingerprint density at radius 3 is 1.67 bits per heavy atom. The number of carboxylic acids is 2. The second-order valence-electron chi connectivity index (χ2n) is 11.7. The number of hydrogen-bond donors (Lipinski definition) is 12. The van der Waals surface area contributed by atoms with Crippen molar-refractivity contribution in [1.82, 2.24) is 10.6 Å². The third-order valence-corrected chi connectivity index (χ3v) is 8.08. The molecule has 0 saturated carbocycles. The molecule has 2 aliphatic heterocycles. The van der Waals surface area contributed by atoms with Gasteiger partial charge in [-0.15, -0.1) is 0 Å². The van der Waals surface area contributed by atoms with Crippen LogP contribution >= 0.6 is 0 Å². The standard InChI is InChI=1S/C29H42N2O18/c1-13(34)30-20-15(35)7-29(27(44)45,48-24(20)22(40)17(37)9-32)47-12-19(39)31-21-16(36)8-28(26(42)43,46-11-14-5-3-2-4-6-14)49-25(21)23(41)18(38)10-33/h2-6,15-18,20-25,32-33,35-38,40-41H,7-12H2,1H3,(H,30,34)(H,31,39)(H,42,43)(H,44,45)/t15-,16-,17+,18+,20+,21+,22-,23-,24+,25+,28+,29+/m0/s1. The van der Waals surface area contributed by atoms with Crippen LogP contribution in [-0.2, 0) is 44.7 Å². The molecule has 49 heavy (non-hydrogen) atoms. The molecule has 276 valence electrons. The Hall–Kier alpha value is -3.38. The van der Waals surface area contributed by atoms with Gasteiger partial charge in [-0.2, -0.15) is 0 Å². The summed E-state index contributed by atoms with van der Waals surface area (Å²) in [5.74, 6) is -11.1. The maximum Gasteiger partial charge on any atom is 0.364 e. The van der Waals surface area contributed by atoms with Gasteiger partial charge in [0.1, 0.15) is 43.2 Å². The van der Waals surface area contributed by atoms with Crippen molar-refractivity contribution in [2.24, 2.45) is 0 Å². The van der Waals surface area contributed by atoms with Gasteiger partial charge in [0.25, 0.3) is 11.6 Å². The zero-order valence-corrected chi connectivity index (χ0v) is 26.1. The average Bonchev–Trinajstić information content (AvgIpc) is 3.07. The Morgan fingerprint density at radius 2 is 1.24 bits per heavy atom. The van der Waals surface area contributed by atoms with E-state index in [1.807, 2.05) is 0 Å². The first-order chi connectivity index (χ1) is 23.0. The molecule has 1 aromatic carbocycles. The lowest BCUT2D eigenvalue weighted by Crippen LogP contribution is -2.69. The summed E-state index contributed by atoms with van der Waals surface area (Å²) in [4.78, 5) is 49.6. The lowest BCUT2D eigenvalue weighted by molar-refractivity contribution is -0.316. The van der Waals surface area contributed by atoms with Crippen molar-refractivity contribution in [1.29, 1.82) is 0 Å². The molecule has 20 heteroatoms. The average molecular weight is 707 g/mol. The summed E-state index contributed by atoms with van der Waals surface area (Å²) in [5, 5.41) is 106. The van der Waals surface area contributed by atoms with Crippen LogP contribution in [0.15, 0.2) is 30.3 Å². The Morgan fingerprint density at radius 1 is 0.796 bits per heavy atom. The number of amides is 2. The number of aliphatic hydroxyl groups excluding tert-OH is 8.